The maximum Gasteiger partial charge on any atom is 0.0458 e. The van der Waals surface area contributed by atoms with Gasteiger partial charge in [-0.25, -0.2) is 0 Å². The summed E-state index contributed by atoms with van der Waals surface area (Å²) >= 11 is 0. The normalized spacial score (nSPS) is 10.0. The van der Waals surface area contributed by atoms with Crippen LogP contribution in [0.15, 0.2) is 54.6 Å². The molecule has 0 spiro atoms. The number of anilines is 1. The SMILES string of the molecule is O=C([O-])Cc1ccc(NCc2ccccc2)cc1. The van der Waals surface area contributed by atoms with Gasteiger partial charge in [0.1, 0.15) is 0 Å². The van der Waals surface area contributed by atoms with Gasteiger partial charge in [0.25, 0.3) is 0 Å². The van der Waals surface area contributed by atoms with Crippen molar-refractivity contribution in [1.29, 1.82) is 0 Å². The highest BCUT2D eigenvalue weighted by Crippen LogP contribution is 2.11. The number of hydrogen-bond acceptors (Lipinski definition) is 3. The number of carboxylic acid groups (broad SMARTS) is 1. The molecule has 0 saturated carbocycles. The fraction of sp³-hybridized carbons (Fsp3) is 0.133. The van der Waals surface area contributed by atoms with E-state index in [9.17, 15) is 9.90 Å². The minimum Gasteiger partial charge on any atom is -0.550 e. The van der Waals surface area contributed by atoms with E-state index in [1.54, 1.807) is 12.1 Å². The van der Waals surface area contributed by atoms with Crippen molar-refractivity contribution in [2.24, 2.45) is 0 Å². The van der Waals surface area contributed by atoms with Crippen LogP contribution in [0, 0.1) is 0 Å². The summed E-state index contributed by atoms with van der Waals surface area (Å²) in [4.78, 5) is 10.4. The first-order chi connectivity index (χ1) is 8.74. The molecular formula is C15H14NO2-. The van der Waals surface area contributed by atoms with Crippen molar-refractivity contribution in [2.45, 2.75) is 13.0 Å². The molecule has 92 valence electrons. The number of benzene rings is 2. The second-order valence-electron chi connectivity index (χ2n) is 4.08. The largest absolute Gasteiger partial charge is 0.550 e. The third-order valence-corrected chi connectivity index (χ3v) is 2.64. The van der Waals surface area contributed by atoms with E-state index in [-0.39, 0.29) is 6.42 Å². The zero-order chi connectivity index (χ0) is 12.8. The highest BCUT2D eigenvalue weighted by Gasteiger charge is 1.96. The van der Waals surface area contributed by atoms with Gasteiger partial charge in [-0.15, -0.1) is 0 Å². The lowest BCUT2D eigenvalue weighted by Gasteiger charge is -2.08. The van der Waals surface area contributed by atoms with Crippen LogP contribution < -0.4 is 10.4 Å². The first-order valence-electron chi connectivity index (χ1n) is 5.80. The summed E-state index contributed by atoms with van der Waals surface area (Å²) in [5, 5.41) is 13.7. The molecule has 1 N–H and O–H groups in total. The molecule has 3 nitrogen and oxygen atoms in total. The van der Waals surface area contributed by atoms with Crippen LogP contribution in [-0.2, 0) is 17.8 Å². The molecule has 0 aliphatic carbocycles. The van der Waals surface area contributed by atoms with Gasteiger partial charge in [0.2, 0.25) is 0 Å². The highest BCUT2D eigenvalue weighted by atomic mass is 16.4. The van der Waals surface area contributed by atoms with E-state index >= 15 is 0 Å². The Morgan fingerprint density at radius 2 is 1.61 bits per heavy atom. The Bertz CT molecular complexity index is 506. The molecule has 18 heavy (non-hydrogen) atoms. The standard InChI is InChI=1S/C15H15NO2/c17-15(18)10-12-6-8-14(9-7-12)16-11-13-4-2-1-3-5-13/h1-9,16H,10-11H2,(H,17,18)/p-1. The van der Waals surface area contributed by atoms with Crippen LogP contribution in [0.2, 0.25) is 0 Å². The molecule has 0 aliphatic heterocycles. The highest BCUT2D eigenvalue weighted by molar-refractivity contribution is 5.68. The predicted molar refractivity (Wildman–Crippen MR) is 68.9 cm³/mol. The van der Waals surface area contributed by atoms with Gasteiger partial charge < -0.3 is 15.2 Å². The zero-order valence-electron chi connectivity index (χ0n) is 9.93. The lowest BCUT2D eigenvalue weighted by Crippen LogP contribution is -2.24. The van der Waals surface area contributed by atoms with Crippen LogP contribution in [0.5, 0.6) is 0 Å². The molecule has 0 radical (unpaired) electrons. The van der Waals surface area contributed by atoms with Crippen LogP contribution in [0.25, 0.3) is 0 Å². The number of nitrogens with one attached hydrogen (secondary N) is 1. The molecular weight excluding hydrogens is 226 g/mol. The molecule has 3 heteroatoms. The maximum atomic E-state index is 10.4. The van der Waals surface area contributed by atoms with Crippen molar-refractivity contribution in [2.75, 3.05) is 5.32 Å². The summed E-state index contributed by atoms with van der Waals surface area (Å²) in [6.07, 6.45) is -0.0427. The number of rotatable bonds is 5. The van der Waals surface area contributed by atoms with E-state index < -0.39 is 5.97 Å². The number of carboxylic acids is 1. The molecule has 2 aromatic rings. The van der Waals surface area contributed by atoms with Gasteiger partial charge in [0, 0.05) is 24.6 Å². The van der Waals surface area contributed by atoms with Crippen LogP contribution in [0.4, 0.5) is 5.69 Å². The molecule has 0 aliphatic rings. The van der Waals surface area contributed by atoms with E-state index in [4.69, 9.17) is 0 Å². The summed E-state index contributed by atoms with van der Waals surface area (Å²) in [5.74, 6) is -1.06. The predicted octanol–water partition coefficient (Wildman–Crippen LogP) is 1.59. The van der Waals surface area contributed by atoms with Crippen molar-refractivity contribution in [1.82, 2.24) is 0 Å². The Balaban J connectivity index is 1.92. The number of hydrogen-bond donors (Lipinski definition) is 1. The second kappa shape index (κ2) is 5.87. The average molecular weight is 240 g/mol. The van der Waals surface area contributed by atoms with Gasteiger partial charge in [-0.3, -0.25) is 0 Å². The Hall–Kier alpha value is -2.29. The van der Waals surface area contributed by atoms with Crippen molar-refractivity contribution in [3.05, 3.63) is 65.7 Å². The number of aliphatic carboxylic acids is 1. The Labute approximate surface area is 106 Å². The number of carbonyl (C=O) groups excluding carboxylic acids is 1. The van der Waals surface area contributed by atoms with Gasteiger partial charge in [-0.05, 0) is 23.3 Å². The van der Waals surface area contributed by atoms with E-state index in [0.717, 1.165) is 17.8 Å². The molecule has 0 heterocycles. The average Bonchev–Trinajstić information content (AvgIpc) is 2.38. The van der Waals surface area contributed by atoms with Gasteiger partial charge >= 0.3 is 0 Å². The van der Waals surface area contributed by atoms with Crippen LogP contribution in [0.1, 0.15) is 11.1 Å². The smallest absolute Gasteiger partial charge is 0.0458 e. The van der Waals surface area contributed by atoms with E-state index in [0.29, 0.717) is 0 Å². The van der Waals surface area contributed by atoms with Crippen LogP contribution in [0.3, 0.4) is 0 Å². The maximum absolute atomic E-state index is 10.4. The summed E-state index contributed by atoms with van der Waals surface area (Å²) < 4.78 is 0. The van der Waals surface area contributed by atoms with Crippen molar-refractivity contribution < 1.29 is 9.90 Å². The molecule has 0 unspecified atom stereocenters. The summed E-state index contributed by atoms with van der Waals surface area (Å²) in [5.41, 5.74) is 2.93. The second-order valence-corrected chi connectivity index (χ2v) is 4.08. The lowest BCUT2D eigenvalue weighted by molar-refractivity contribution is -0.304. The van der Waals surface area contributed by atoms with Gasteiger partial charge in [-0.1, -0.05) is 42.5 Å². The minimum atomic E-state index is -1.06. The Morgan fingerprint density at radius 1 is 0.944 bits per heavy atom. The topological polar surface area (TPSA) is 52.2 Å². The monoisotopic (exact) mass is 240 g/mol. The van der Waals surface area contributed by atoms with Gasteiger partial charge in [0.05, 0.1) is 0 Å². The molecule has 2 aromatic carbocycles. The first kappa shape index (κ1) is 12.2. The Kier molecular flexibility index (Phi) is 3.97. The summed E-state index contributed by atoms with van der Waals surface area (Å²) in [7, 11) is 0. The van der Waals surface area contributed by atoms with Gasteiger partial charge in [-0.2, -0.15) is 0 Å². The first-order valence-corrected chi connectivity index (χ1v) is 5.80. The molecule has 0 amide bonds. The number of carbonyl (C=O) groups is 1. The van der Waals surface area contributed by atoms with Gasteiger partial charge in [0.15, 0.2) is 0 Å². The minimum absolute atomic E-state index is 0.0427. The Morgan fingerprint density at radius 3 is 2.22 bits per heavy atom. The van der Waals surface area contributed by atoms with Crippen molar-refractivity contribution in [3.8, 4) is 0 Å². The summed E-state index contributed by atoms with van der Waals surface area (Å²) in [6, 6.07) is 17.4. The third kappa shape index (κ3) is 3.63. The molecule has 0 aromatic heterocycles. The fourth-order valence-corrected chi connectivity index (χ4v) is 1.71. The summed E-state index contributed by atoms with van der Waals surface area (Å²) in [6.45, 7) is 0.751. The fourth-order valence-electron chi connectivity index (χ4n) is 1.71. The molecule has 0 fully saturated rings. The molecule has 0 saturated heterocycles. The zero-order valence-corrected chi connectivity index (χ0v) is 9.93. The van der Waals surface area contributed by atoms with E-state index in [2.05, 4.69) is 17.4 Å². The van der Waals surface area contributed by atoms with Crippen LogP contribution >= 0.6 is 0 Å². The quantitative estimate of drug-likeness (QED) is 0.863. The molecule has 0 bridgehead atoms. The molecule has 0 atom stereocenters. The van der Waals surface area contributed by atoms with Crippen molar-refractivity contribution >= 4 is 11.7 Å². The van der Waals surface area contributed by atoms with E-state index in [1.165, 1.54) is 5.56 Å². The molecule has 2 rings (SSSR count). The third-order valence-electron chi connectivity index (χ3n) is 2.64. The van der Waals surface area contributed by atoms with Crippen LogP contribution in [-0.4, -0.2) is 5.97 Å². The van der Waals surface area contributed by atoms with Crippen molar-refractivity contribution in [3.63, 3.8) is 0 Å². The van der Waals surface area contributed by atoms with E-state index in [1.807, 2.05) is 30.3 Å². The lowest BCUT2D eigenvalue weighted by atomic mass is 10.1.